The molecule has 0 amide bonds. The second-order valence-corrected chi connectivity index (χ2v) is 4.92. The first-order valence-electron chi connectivity index (χ1n) is 6.95. The smallest absolute Gasteiger partial charge is 0.171 e. The second-order valence-electron chi connectivity index (χ2n) is 4.51. The molecular formula is C15H20N4O2S. The predicted octanol–water partition coefficient (Wildman–Crippen LogP) is 2.41. The Balaban J connectivity index is 2.00. The highest BCUT2D eigenvalue weighted by molar-refractivity contribution is 7.80. The van der Waals surface area contributed by atoms with Crippen molar-refractivity contribution in [3.05, 3.63) is 36.2 Å². The van der Waals surface area contributed by atoms with Crippen LogP contribution in [-0.2, 0) is 13.1 Å². The Labute approximate surface area is 135 Å². The number of hydrogen-bond donors (Lipinski definition) is 2. The van der Waals surface area contributed by atoms with Gasteiger partial charge in [-0.3, -0.25) is 4.68 Å². The number of methoxy groups -OCH3 is 2. The lowest BCUT2D eigenvalue weighted by Gasteiger charge is -2.14. The fourth-order valence-electron chi connectivity index (χ4n) is 2.04. The predicted molar refractivity (Wildman–Crippen MR) is 90.5 cm³/mol. The molecule has 0 atom stereocenters. The highest BCUT2D eigenvalue weighted by Crippen LogP contribution is 2.28. The van der Waals surface area contributed by atoms with Crippen LogP contribution in [0.1, 0.15) is 12.6 Å². The maximum absolute atomic E-state index is 5.33. The first-order chi connectivity index (χ1) is 10.7. The van der Waals surface area contributed by atoms with Crippen molar-refractivity contribution in [1.29, 1.82) is 0 Å². The van der Waals surface area contributed by atoms with Crippen molar-refractivity contribution >= 4 is 23.0 Å². The zero-order valence-corrected chi connectivity index (χ0v) is 13.7. The average molecular weight is 320 g/mol. The molecule has 2 aromatic rings. The summed E-state index contributed by atoms with van der Waals surface area (Å²) < 4.78 is 12.4. The van der Waals surface area contributed by atoms with Gasteiger partial charge in [-0.2, -0.15) is 5.10 Å². The first-order valence-corrected chi connectivity index (χ1v) is 7.36. The molecule has 0 fully saturated rings. The fourth-order valence-corrected chi connectivity index (χ4v) is 2.23. The lowest BCUT2D eigenvalue weighted by Crippen LogP contribution is -2.29. The van der Waals surface area contributed by atoms with Gasteiger partial charge in [0.25, 0.3) is 0 Å². The Morgan fingerprint density at radius 2 is 2.09 bits per heavy atom. The lowest BCUT2D eigenvalue weighted by molar-refractivity contribution is 0.405. The van der Waals surface area contributed by atoms with Crippen molar-refractivity contribution in [1.82, 2.24) is 15.1 Å². The van der Waals surface area contributed by atoms with Gasteiger partial charge in [0.2, 0.25) is 0 Å². The van der Waals surface area contributed by atoms with Gasteiger partial charge in [0.15, 0.2) is 5.11 Å². The summed E-state index contributed by atoms with van der Waals surface area (Å²) in [7, 11) is 3.23. The summed E-state index contributed by atoms with van der Waals surface area (Å²) in [5, 5.41) is 11.0. The van der Waals surface area contributed by atoms with Crippen LogP contribution in [0.15, 0.2) is 30.5 Å². The molecular weight excluding hydrogens is 300 g/mol. The van der Waals surface area contributed by atoms with Crippen LogP contribution >= 0.6 is 12.2 Å². The number of aromatic nitrogens is 2. The van der Waals surface area contributed by atoms with E-state index in [1.165, 1.54) is 0 Å². The molecule has 22 heavy (non-hydrogen) atoms. The third-order valence-corrected chi connectivity index (χ3v) is 3.44. The Bertz CT molecular complexity index is 642. The number of nitrogens with one attached hydrogen (secondary N) is 2. The van der Waals surface area contributed by atoms with Crippen molar-refractivity contribution in [3.8, 4) is 11.5 Å². The topological polar surface area (TPSA) is 60.3 Å². The second kappa shape index (κ2) is 7.65. The van der Waals surface area contributed by atoms with Crippen LogP contribution in [0.25, 0.3) is 0 Å². The van der Waals surface area contributed by atoms with Gasteiger partial charge in [-0.05, 0) is 37.3 Å². The Morgan fingerprint density at radius 3 is 2.77 bits per heavy atom. The molecule has 1 heterocycles. The highest BCUT2D eigenvalue weighted by Gasteiger charge is 2.07. The third kappa shape index (κ3) is 3.88. The molecule has 2 rings (SSSR count). The standard InChI is InChI=1S/C15H20N4O2S/c1-4-19-11(7-8-17-19)10-16-15(22)18-13-9-12(20-2)5-6-14(13)21-3/h5-9H,4,10H2,1-3H3,(H2,16,18,22). The van der Waals surface area contributed by atoms with Gasteiger partial charge in [-0.15, -0.1) is 0 Å². The van der Waals surface area contributed by atoms with Crippen molar-refractivity contribution in [2.24, 2.45) is 0 Å². The van der Waals surface area contributed by atoms with Crippen LogP contribution in [0.5, 0.6) is 11.5 Å². The number of hydrogen-bond acceptors (Lipinski definition) is 4. The minimum atomic E-state index is 0.510. The number of aryl methyl sites for hydroxylation is 1. The van der Waals surface area contributed by atoms with E-state index in [-0.39, 0.29) is 0 Å². The molecule has 1 aromatic carbocycles. The molecule has 2 N–H and O–H groups in total. The summed E-state index contributed by atoms with van der Waals surface area (Å²) in [4.78, 5) is 0. The maximum atomic E-state index is 5.33. The van der Waals surface area contributed by atoms with Crippen molar-refractivity contribution in [2.75, 3.05) is 19.5 Å². The van der Waals surface area contributed by atoms with Crippen LogP contribution in [0.2, 0.25) is 0 Å². The molecule has 0 aliphatic carbocycles. The fraction of sp³-hybridized carbons (Fsp3) is 0.333. The van der Waals surface area contributed by atoms with Crippen molar-refractivity contribution in [3.63, 3.8) is 0 Å². The summed E-state index contributed by atoms with van der Waals surface area (Å²) in [6.07, 6.45) is 1.78. The lowest BCUT2D eigenvalue weighted by atomic mass is 10.2. The molecule has 0 saturated carbocycles. The number of ether oxygens (including phenoxy) is 2. The van der Waals surface area contributed by atoms with E-state index in [1.54, 1.807) is 20.4 Å². The Hall–Kier alpha value is -2.28. The molecule has 0 aliphatic rings. The van der Waals surface area contributed by atoms with Crippen LogP contribution in [-0.4, -0.2) is 29.1 Å². The van der Waals surface area contributed by atoms with E-state index in [1.807, 2.05) is 35.9 Å². The number of benzene rings is 1. The number of nitrogens with zero attached hydrogens (tertiary/aromatic N) is 2. The zero-order chi connectivity index (χ0) is 15.9. The van der Waals surface area contributed by atoms with Gasteiger partial charge in [-0.1, -0.05) is 0 Å². The molecule has 7 heteroatoms. The monoisotopic (exact) mass is 320 g/mol. The molecule has 0 bridgehead atoms. The van der Waals surface area contributed by atoms with Gasteiger partial charge >= 0.3 is 0 Å². The van der Waals surface area contributed by atoms with Gasteiger partial charge < -0.3 is 20.1 Å². The number of rotatable bonds is 6. The molecule has 118 valence electrons. The maximum Gasteiger partial charge on any atom is 0.171 e. The molecule has 6 nitrogen and oxygen atoms in total. The Kier molecular flexibility index (Phi) is 5.60. The van der Waals surface area contributed by atoms with Gasteiger partial charge in [0, 0.05) is 18.8 Å². The summed E-state index contributed by atoms with van der Waals surface area (Å²) in [5.41, 5.74) is 1.83. The van der Waals surface area contributed by atoms with Crippen LogP contribution in [0.4, 0.5) is 5.69 Å². The van der Waals surface area contributed by atoms with E-state index in [4.69, 9.17) is 21.7 Å². The van der Waals surface area contributed by atoms with E-state index in [0.29, 0.717) is 17.4 Å². The quantitative estimate of drug-likeness (QED) is 0.797. The molecule has 1 aromatic heterocycles. The van der Waals surface area contributed by atoms with E-state index < -0.39 is 0 Å². The SMILES string of the molecule is CCn1nccc1CNC(=S)Nc1cc(OC)ccc1OC. The largest absolute Gasteiger partial charge is 0.497 e. The average Bonchev–Trinajstić information content (AvgIpc) is 3.00. The first kappa shape index (κ1) is 16.1. The molecule has 0 saturated heterocycles. The van der Waals surface area contributed by atoms with Crippen LogP contribution in [0.3, 0.4) is 0 Å². The molecule has 0 radical (unpaired) electrons. The third-order valence-electron chi connectivity index (χ3n) is 3.19. The van der Waals surface area contributed by atoms with Crippen molar-refractivity contribution in [2.45, 2.75) is 20.0 Å². The number of anilines is 1. The summed E-state index contributed by atoms with van der Waals surface area (Å²) in [6, 6.07) is 7.46. The van der Waals surface area contributed by atoms with E-state index in [2.05, 4.69) is 15.7 Å². The van der Waals surface area contributed by atoms with Crippen molar-refractivity contribution < 1.29 is 9.47 Å². The number of thiocarbonyl (C=S) groups is 1. The van der Waals surface area contributed by atoms with E-state index in [0.717, 1.165) is 23.7 Å². The van der Waals surface area contributed by atoms with Gasteiger partial charge in [-0.25, -0.2) is 0 Å². The van der Waals surface area contributed by atoms with Crippen LogP contribution < -0.4 is 20.1 Å². The van der Waals surface area contributed by atoms with Gasteiger partial charge in [0.1, 0.15) is 11.5 Å². The van der Waals surface area contributed by atoms with Gasteiger partial charge in [0.05, 0.1) is 32.1 Å². The Morgan fingerprint density at radius 1 is 1.27 bits per heavy atom. The minimum Gasteiger partial charge on any atom is -0.497 e. The van der Waals surface area contributed by atoms with E-state index >= 15 is 0 Å². The highest BCUT2D eigenvalue weighted by atomic mass is 32.1. The molecule has 0 spiro atoms. The summed E-state index contributed by atoms with van der Waals surface area (Å²) in [5.74, 6) is 1.43. The minimum absolute atomic E-state index is 0.510. The molecule has 0 unspecified atom stereocenters. The normalized spacial score (nSPS) is 10.1. The summed E-state index contributed by atoms with van der Waals surface area (Å²) in [6.45, 7) is 3.48. The summed E-state index contributed by atoms with van der Waals surface area (Å²) >= 11 is 5.33. The van der Waals surface area contributed by atoms with E-state index in [9.17, 15) is 0 Å². The zero-order valence-electron chi connectivity index (χ0n) is 12.9. The van der Waals surface area contributed by atoms with Crippen LogP contribution in [0, 0.1) is 0 Å². The molecule has 0 aliphatic heterocycles.